The van der Waals surface area contributed by atoms with Crippen molar-refractivity contribution >= 4 is 29.3 Å². The molecular weight excluding hydrogens is 346 g/mol. The number of ether oxygens (including phenoxy) is 2. The van der Waals surface area contributed by atoms with E-state index in [1.165, 1.54) is 31.2 Å². The minimum absolute atomic E-state index is 0.252. The van der Waals surface area contributed by atoms with E-state index in [4.69, 9.17) is 26.8 Å². The largest absolute Gasteiger partial charge is 0.484 e. The molecule has 2 N–H and O–H groups in total. The van der Waals surface area contributed by atoms with Gasteiger partial charge in [-0.15, -0.1) is 0 Å². The highest BCUT2D eigenvalue weighted by Crippen LogP contribution is 2.16. The molecule has 0 aromatic heterocycles. The van der Waals surface area contributed by atoms with Crippen LogP contribution < -0.4 is 10.5 Å². The lowest BCUT2D eigenvalue weighted by Gasteiger charge is -2.12. The van der Waals surface area contributed by atoms with Gasteiger partial charge >= 0.3 is 5.97 Å². The van der Waals surface area contributed by atoms with Crippen molar-refractivity contribution in [2.45, 2.75) is 13.0 Å². The molecule has 0 aliphatic carbocycles. The van der Waals surface area contributed by atoms with E-state index in [0.717, 1.165) is 0 Å². The molecule has 0 aliphatic heterocycles. The van der Waals surface area contributed by atoms with Crippen LogP contribution in [0.1, 0.15) is 27.6 Å². The summed E-state index contributed by atoms with van der Waals surface area (Å²) in [5.41, 5.74) is 5.64. The van der Waals surface area contributed by atoms with E-state index in [1.54, 1.807) is 24.3 Å². The molecule has 0 radical (unpaired) electrons. The van der Waals surface area contributed by atoms with Gasteiger partial charge in [0.2, 0.25) is 5.78 Å². The summed E-state index contributed by atoms with van der Waals surface area (Å²) in [5, 5.41) is 0.514. The molecule has 2 rings (SSSR count). The molecule has 6 nitrogen and oxygen atoms in total. The Morgan fingerprint density at radius 1 is 1.00 bits per heavy atom. The zero-order valence-corrected chi connectivity index (χ0v) is 14.2. The van der Waals surface area contributed by atoms with Gasteiger partial charge in [0, 0.05) is 10.6 Å². The zero-order valence-electron chi connectivity index (χ0n) is 13.4. The number of ketones is 1. The van der Waals surface area contributed by atoms with E-state index < -0.39 is 18.0 Å². The van der Waals surface area contributed by atoms with Crippen molar-refractivity contribution in [3.8, 4) is 5.75 Å². The average Bonchev–Trinajstić information content (AvgIpc) is 2.60. The number of Topliss-reactive ketones (excluding diaryl/α,β-unsaturated/α-hetero) is 1. The standard InChI is InChI=1S/C18H16ClNO5/c1-11(17(22)12-2-6-14(19)7-3-12)25-18(23)13-4-8-15(9-5-13)24-10-16(20)21/h2-9,11H,10H2,1H3,(H2,20,21)/t11-/m1/s1. The number of esters is 1. The third-order valence-electron chi connectivity index (χ3n) is 3.25. The van der Waals surface area contributed by atoms with Gasteiger partial charge in [-0.3, -0.25) is 9.59 Å². The summed E-state index contributed by atoms with van der Waals surface area (Å²) in [7, 11) is 0. The van der Waals surface area contributed by atoms with Crippen LogP contribution in [0.5, 0.6) is 5.75 Å². The van der Waals surface area contributed by atoms with Crippen LogP contribution in [0.3, 0.4) is 0 Å². The summed E-state index contributed by atoms with van der Waals surface area (Å²) in [6.07, 6.45) is -0.945. The minimum atomic E-state index is -0.945. The number of nitrogens with two attached hydrogens (primary N) is 1. The molecule has 0 unspecified atom stereocenters. The molecule has 2 aromatic rings. The fourth-order valence-corrected chi connectivity index (χ4v) is 2.10. The van der Waals surface area contributed by atoms with E-state index in [-0.39, 0.29) is 18.0 Å². The number of rotatable bonds is 7. The lowest BCUT2D eigenvalue weighted by molar-refractivity contribution is -0.119. The van der Waals surface area contributed by atoms with Gasteiger partial charge in [-0.25, -0.2) is 4.79 Å². The van der Waals surface area contributed by atoms with Gasteiger partial charge in [-0.2, -0.15) is 0 Å². The number of hydrogen-bond acceptors (Lipinski definition) is 5. The van der Waals surface area contributed by atoms with Crippen molar-refractivity contribution in [3.05, 3.63) is 64.7 Å². The van der Waals surface area contributed by atoms with Crippen molar-refractivity contribution in [2.24, 2.45) is 5.73 Å². The van der Waals surface area contributed by atoms with Gasteiger partial charge in [0.15, 0.2) is 12.7 Å². The number of halogens is 1. The first-order valence-electron chi connectivity index (χ1n) is 7.38. The molecule has 25 heavy (non-hydrogen) atoms. The maximum atomic E-state index is 12.2. The first-order valence-corrected chi connectivity index (χ1v) is 7.76. The second kappa shape index (κ2) is 8.30. The molecule has 7 heteroatoms. The van der Waals surface area contributed by atoms with E-state index in [9.17, 15) is 14.4 Å². The SMILES string of the molecule is C[C@@H](OC(=O)c1ccc(OCC(N)=O)cc1)C(=O)c1ccc(Cl)cc1. The van der Waals surface area contributed by atoms with Crippen LogP contribution in [0.15, 0.2) is 48.5 Å². The molecule has 0 fully saturated rings. The summed E-state index contributed by atoms with van der Waals surface area (Å²) in [6, 6.07) is 12.3. The summed E-state index contributed by atoms with van der Waals surface area (Å²) in [5.74, 6) is -1.18. The topological polar surface area (TPSA) is 95.7 Å². The van der Waals surface area contributed by atoms with E-state index in [1.807, 2.05) is 0 Å². The highest BCUT2D eigenvalue weighted by molar-refractivity contribution is 6.30. The average molecular weight is 362 g/mol. The normalized spacial score (nSPS) is 11.4. The molecule has 0 aliphatic rings. The van der Waals surface area contributed by atoms with Crippen LogP contribution in [-0.2, 0) is 9.53 Å². The number of primary amides is 1. The van der Waals surface area contributed by atoms with Gasteiger partial charge in [-0.05, 0) is 55.5 Å². The highest BCUT2D eigenvalue weighted by Gasteiger charge is 2.20. The predicted molar refractivity (Wildman–Crippen MR) is 91.8 cm³/mol. The van der Waals surface area contributed by atoms with Crippen molar-refractivity contribution in [1.82, 2.24) is 0 Å². The van der Waals surface area contributed by atoms with Crippen molar-refractivity contribution < 1.29 is 23.9 Å². The number of carbonyl (C=O) groups excluding carboxylic acids is 3. The molecule has 1 amide bonds. The van der Waals surface area contributed by atoms with E-state index >= 15 is 0 Å². The summed E-state index contributed by atoms with van der Waals surface area (Å²) in [4.78, 5) is 35.0. The lowest BCUT2D eigenvalue weighted by Crippen LogP contribution is -2.24. The first kappa shape index (κ1) is 18.5. The van der Waals surface area contributed by atoms with Crippen LogP contribution in [0, 0.1) is 0 Å². The predicted octanol–water partition coefficient (Wildman–Crippen LogP) is 2.63. The van der Waals surface area contributed by atoms with Gasteiger partial charge in [0.25, 0.3) is 5.91 Å². The Morgan fingerprint density at radius 2 is 1.56 bits per heavy atom. The van der Waals surface area contributed by atoms with Gasteiger partial charge in [0.05, 0.1) is 5.56 Å². The quantitative estimate of drug-likeness (QED) is 0.604. The molecular formula is C18H16ClNO5. The Bertz CT molecular complexity index is 771. The number of amides is 1. The Balaban J connectivity index is 1.97. The number of hydrogen-bond donors (Lipinski definition) is 1. The first-order chi connectivity index (χ1) is 11.9. The highest BCUT2D eigenvalue weighted by atomic mass is 35.5. The smallest absolute Gasteiger partial charge is 0.338 e. The maximum Gasteiger partial charge on any atom is 0.338 e. The molecule has 0 saturated carbocycles. The summed E-state index contributed by atoms with van der Waals surface area (Å²) < 4.78 is 10.3. The van der Waals surface area contributed by atoms with Crippen molar-refractivity contribution in [1.29, 1.82) is 0 Å². The van der Waals surface area contributed by atoms with Crippen LogP contribution in [0.4, 0.5) is 0 Å². The molecule has 0 saturated heterocycles. The molecule has 0 heterocycles. The van der Waals surface area contributed by atoms with Crippen LogP contribution >= 0.6 is 11.6 Å². The van der Waals surface area contributed by atoms with Crippen LogP contribution in [-0.4, -0.2) is 30.4 Å². The molecule has 0 bridgehead atoms. The van der Waals surface area contributed by atoms with Crippen LogP contribution in [0.25, 0.3) is 0 Å². The summed E-state index contributed by atoms with van der Waals surface area (Å²) >= 11 is 5.78. The summed E-state index contributed by atoms with van der Waals surface area (Å²) in [6.45, 7) is 1.25. The third kappa shape index (κ3) is 5.32. The van der Waals surface area contributed by atoms with Gasteiger partial charge in [-0.1, -0.05) is 11.6 Å². The van der Waals surface area contributed by atoms with Gasteiger partial charge in [0.1, 0.15) is 5.75 Å². The zero-order chi connectivity index (χ0) is 18.4. The second-order valence-corrected chi connectivity index (χ2v) is 5.63. The molecule has 1 atom stereocenters. The van der Waals surface area contributed by atoms with Crippen molar-refractivity contribution in [2.75, 3.05) is 6.61 Å². The monoisotopic (exact) mass is 361 g/mol. The van der Waals surface area contributed by atoms with Crippen LogP contribution in [0.2, 0.25) is 5.02 Å². The maximum absolute atomic E-state index is 12.2. The van der Waals surface area contributed by atoms with E-state index in [2.05, 4.69) is 0 Å². The Morgan fingerprint density at radius 3 is 2.12 bits per heavy atom. The third-order valence-corrected chi connectivity index (χ3v) is 3.50. The minimum Gasteiger partial charge on any atom is -0.484 e. The molecule has 2 aromatic carbocycles. The Hall–Kier alpha value is -2.86. The van der Waals surface area contributed by atoms with E-state index in [0.29, 0.717) is 16.3 Å². The second-order valence-electron chi connectivity index (χ2n) is 5.20. The molecule has 0 spiro atoms. The lowest BCUT2D eigenvalue weighted by atomic mass is 10.1. The van der Waals surface area contributed by atoms with Gasteiger partial charge < -0.3 is 15.2 Å². The Labute approximate surface area is 149 Å². The number of benzene rings is 2. The number of carbonyl (C=O) groups is 3. The van der Waals surface area contributed by atoms with Crippen molar-refractivity contribution in [3.63, 3.8) is 0 Å². The fraction of sp³-hybridized carbons (Fsp3) is 0.167. The molecule has 130 valence electrons. The Kier molecular flexibility index (Phi) is 6.14. The fourth-order valence-electron chi connectivity index (χ4n) is 1.97.